The molecule has 0 heterocycles. The van der Waals surface area contributed by atoms with Gasteiger partial charge in [-0.05, 0) is 18.4 Å². The van der Waals surface area contributed by atoms with E-state index in [9.17, 15) is 0 Å². The molecule has 0 bridgehead atoms. The van der Waals surface area contributed by atoms with Crippen LogP contribution in [0.4, 0.5) is 0 Å². The first kappa shape index (κ1) is 36.3. The molecule has 0 radical (unpaired) electrons. The molecule has 0 nitrogen and oxygen atoms in total. The monoisotopic (exact) mass is 282 g/mol. The van der Waals surface area contributed by atoms with Gasteiger partial charge in [0.1, 0.15) is 0 Å². The number of hydrogen-bond donors (Lipinski definition) is 0. The van der Waals surface area contributed by atoms with Crippen molar-refractivity contribution >= 4 is 0 Å². The van der Waals surface area contributed by atoms with Crippen molar-refractivity contribution in [2.75, 3.05) is 0 Å². The molecule has 20 heavy (non-hydrogen) atoms. The molecule has 0 aliphatic carbocycles. The molecule has 0 N–H and O–H groups in total. The zero-order valence-corrected chi connectivity index (χ0v) is 16.1. The van der Waals surface area contributed by atoms with Crippen LogP contribution in [0.3, 0.4) is 0 Å². The van der Waals surface area contributed by atoms with Gasteiger partial charge in [0.25, 0.3) is 0 Å². The van der Waals surface area contributed by atoms with Gasteiger partial charge in [-0.15, -0.1) is 12.8 Å². The predicted octanol–water partition coefficient (Wildman–Crippen LogP) is 7.83. The van der Waals surface area contributed by atoms with Crippen molar-refractivity contribution in [3.8, 4) is 12.8 Å². The van der Waals surface area contributed by atoms with Crippen LogP contribution in [0.5, 0.6) is 0 Å². The van der Waals surface area contributed by atoms with Crippen LogP contribution >= 0.6 is 0 Å². The predicted molar refractivity (Wildman–Crippen MR) is 103 cm³/mol. The van der Waals surface area contributed by atoms with Crippen LogP contribution in [-0.4, -0.2) is 0 Å². The maximum Gasteiger partial charge on any atom is -0.0277 e. The minimum Gasteiger partial charge on any atom is -0.124 e. The van der Waals surface area contributed by atoms with Crippen LogP contribution in [0.1, 0.15) is 82.1 Å². The van der Waals surface area contributed by atoms with Crippen molar-refractivity contribution in [1.29, 1.82) is 0 Å². The second kappa shape index (κ2) is 64.9. The standard InChI is InChI=1S/C10H16.4C2H6.C2H2/c1-5-9(6-2)10(7-3)8-4;5*1-2/h5-6H,1-2,7-8H2,3-4H3;4*1-2H3;1-2H. The maximum atomic E-state index is 4.00. The molecule has 0 fully saturated rings. The van der Waals surface area contributed by atoms with Gasteiger partial charge < -0.3 is 0 Å². The van der Waals surface area contributed by atoms with Gasteiger partial charge in [-0.25, -0.2) is 0 Å². The summed E-state index contributed by atoms with van der Waals surface area (Å²) in [6, 6.07) is 0. The summed E-state index contributed by atoms with van der Waals surface area (Å²) in [7, 11) is 0. The Balaban J connectivity index is -0.0000000412. The van der Waals surface area contributed by atoms with Crippen molar-refractivity contribution in [2.24, 2.45) is 0 Å². The lowest BCUT2D eigenvalue weighted by atomic mass is 10.0. The summed E-state index contributed by atoms with van der Waals surface area (Å²) >= 11 is 0. The molecular formula is C20H42. The number of rotatable bonds is 4. The molecule has 0 spiro atoms. The zero-order valence-electron chi connectivity index (χ0n) is 16.1. The minimum absolute atomic E-state index is 1.10. The lowest BCUT2D eigenvalue weighted by Crippen LogP contribution is -1.82. The molecule has 0 atom stereocenters. The van der Waals surface area contributed by atoms with Crippen LogP contribution in [-0.2, 0) is 0 Å². The highest BCUT2D eigenvalue weighted by molar-refractivity contribution is 5.32. The Labute approximate surface area is 132 Å². The summed E-state index contributed by atoms with van der Waals surface area (Å²) in [4.78, 5) is 0. The highest BCUT2D eigenvalue weighted by Crippen LogP contribution is 2.13. The van der Waals surface area contributed by atoms with E-state index in [1.54, 1.807) is 0 Å². The highest BCUT2D eigenvalue weighted by Gasteiger charge is 1.93. The maximum absolute atomic E-state index is 4.00. The fourth-order valence-electron chi connectivity index (χ4n) is 1.03. The average molecular weight is 283 g/mol. The second-order valence-corrected chi connectivity index (χ2v) is 2.17. The third-order valence-corrected chi connectivity index (χ3v) is 1.70. The van der Waals surface area contributed by atoms with E-state index < -0.39 is 0 Å². The molecule has 0 saturated heterocycles. The smallest absolute Gasteiger partial charge is 0.0277 e. The number of allylic oxidation sites excluding steroid dienone is 4. The van der Waals surface area contributed by atoms with Crippen LogP contribution < -0.4 is 0 Å². The van der Waals surface area contributed by atoms with Crippen LogP contribution in [0.25, 0.3) is 0 Å². The number of hydrogen-bond acceptors (Lipinski definition) is 0. The van der Waals surface area contributed by atoms with E-state index in [0.717, 1.165) is 12.8 Å². The van der Waals surface area contributed by atoms with Gasteiger partial charge >= 0.3 is 0 Å². The van der Waals surface area contributed by atoms with E-state index in [1.165, 1.54) is 11.1 Å². The Morgan fingerprint density at radius 3 is 0.950 bits per heavy atom. The lowest BCUT2D eigenvalue weighted by Gasteiger charge is -2.02. The summed E-state index contributed by atoms with van der Waals surface area (Å²) in [5.74, 6) is 0. The molecular weight excluding hydrogens is 240 g/mol. The van der Waals surface area contributed by atoms with E-state index in [1.807, 2.05) is 67.5 Å². The average Bonchev–Trinajstić information content (AvgIpc) is 2.61. The Hall–Kier alpha value is -1.22. The van der Waals surface area contributed by atoms with E-state index in [0.29, 0.717) is 0 Å². The fraction of sp³-hybridized carbons (Fsp3) is 0.600. The van der Waals surface area contributed by atoms with E-state index >= 15 is 0 Å². The van der Waals surface area contributed by atoms with Crippen molar-refractivity contribution < 1.29 is 0 Å². The molecule has 122 valence electrons. The van der Waals surface area contributed by atoms with Crippen LogP contribution in [0.15, 0.2) is 36.5 Å². The second-order valence-electron chi connectivity index (χ2n) is 2.17. The Kier molecular flexibility index (Phi) is 118. The van der Waals surface area contributed by atoms with E-state index in [2.05, 4.69) is 39.9 Å². The first-order valence-corrected chi connectivity index (χ1v) is 8.10. The Morgan fingerprint density at radius 1 is 0.700 bits per heavy atom. The third-order valence-electron chi connectivity index (χ3n) is 1.70. The molecule has 0 unspecified atom stereocenters. The Morgan fingerprint density at radius 2 is 0.900 bits per heavy atom. The minimum atomic E-state index is 1.10. The normalized spacial score (nSPS) is 5.60. The summed E-state index contributed by atoms with van der Waals surface area (Å²) in [6.45, 7) is 27.8. The zero-order chi connectivity index (χ0) is 18.0. The van der Waals surface area contributed by atoms with Gasteiger partial charge in [0.15, 0.2) is 0 Å². The van der Waals surface area contributed by atoms with Gasteiger partial charge in [0.2, 0.25) is 0 Å². The van der Waals surface area contributed by atoms with E-state index in [4.69, 9.17) is 0 Å². The highest BCUT2D eigenvalue weighted by atomic mass is 14.0. The molecule has 0 saturated carbocycles. The molecule has 0 heteroatoms. The third kappa shape index (κ3) is 36.0. The molecule has 0 amide bonds. The summed E-state index contributed by atoms with van der Waals surface area (Å²) < 4.78 is 0. The molecule has 0 rings (SSSR count). The van der Waals surface area contributed by atoms with Crippen molar-refractivity contribution in [3.63, 3.8) is 0 Å². The first-order chi connectivity index (χ1) is 9.79. The van der Waals surface area contributed by atoms with Crippen molar-refractivity contribution in [1.82, 2.24) is 0 Å². The first-order valence-electron chi connectivity index (χ1n) is 8.10. The summed E-state index contributed by atoms with van der Waals surface area (Å²) in [5.41, 5.74) is 2.63. The van der Waals surface area contributed by atoms with Gasteiger partial charge in [0.05, 0.1) is 0 Å². The van der Waals surface area contributed by atoms with Crippen molar-refractivity contribution in [3.05, 3.63) is 36.5 Å². The lowest BCUT2D eigenvalue weighted by molar-refractivity contribution is 0.966. The summed E-state index contributed by atoms with van der Waals surface area (Å²) in [6.07, 6.45) is 13.9. The van der Waals surface area contributed by atoms with Gasteiger partial charge in [-0.2, -0.15) is 0 Å². The van der Waals surface area contributed by atoms with Crippen LogP contribution in [0, 0.1) is 12.8 Å². The summed E-state index contributed by atoms with van der Waals surface area (Å²) in [5, 5.41) is 0. The SMILES string of the molecule is C#C.C=CC(C=C)=C(CC)CC.CC.CC.CC.CC. The van der Waals surface area contributed by atoms with Gasteiger partial charge in [-0.1, -0.05) is 100 Å². The topological polar surface area (TPSA) is 0 Å². The molecule has 0 aromatic heterocycles. The molecule has 0 aliphatic rings. The molecule has 0 aromatic carbocycles. The number of terminal acetylenes is 1. The fourth-order valence-corrected chi connectivity index (χ4v) is 1.03. The van der Waals surface area contributed by atoms with Gasteiger partial charge in [-0.3, -0.25) is 0 Å². The van der Waals surface area contributed by atoms with Crippen LogP contribution in [0.2, 0.25) is 0 Å². The van der Waals surface area contributed by atoms with Crippen molar-refractivity contribution in [2.45, 2.75) is 82.1 Å². The molecule has 0 aliphatic heterocycles. The van der Waals surface area contributed by atoms with E-state index in [-0.39, 0.29) is 0 Å². The van der Waals surface area contributed by atoms with Gasteiger partial charge in [0, 0.05) is 0 Å². The molecule has 0 aromatic rings. The quantitative estimate of drug-likeness (QED) is 0.364. The Bertz CT molecular complexity index is 163. The largest absolute Gasteiger partial charge is 0.124 e.